The molecule has 2 N–H and O–H groups in total. The fourth-order valence-electron chi connectivity index (χ4n) is 1.55. The van der Waals surface area contributed by atoms with Gasteiger partial charge in [-0.2, -0.15) is 0 Å². The summed E-state index contributed by atoms with van der Waals surface area (Å²) in [5.41, 5.74) is 0.964. The monoisotopic (exact) mass is 269 g/mol. The molecular formula is C13H16ClNO3. The quantitative estimate of drug-likeness (QED) is 0.834. The molecule has 0 heterocycles. The van der Waals surface area contributed by atoms with Crippen LogP contribution in [0, 0.1) is 0 Å². The van der Waals surface area contributed by atoms with Crippen LogP contribution in [-0.4, -0.2) is 17.0 Å². The Bertz CT molecular complexity index is 417. The highest BCUT2D eigenvalue weighted by Gasteiger charge is 2.09. The number of halogens is 1. The Labute approximate surface area is 111 Å². The maximum Gasteiger partial charge on any atom is 0.303 e. The molecule has 1 rings (SSSR count). The van der Waals surface area contributed by atoms with Crippen molar-refractivity contribution in [3.05, 3.63) is 34.9 Å². The molecule has 0 saturated heterocycles. The second-order valence-corrected chi connectivity index (χ2v) is 4.52. The lowest BCUT2D eigenvalue weighted by molar-refractivity contribution is -0.137. The summed E-state index contributed by atoms with van der Waals surface area (Å²) in [6.07, 6.45) is 0.599. The van der Waals surface area contributed by atoms with Gasteiger partial charge in [-0.3, -0.25) is 9.59 Å². The maximum absolute atomic E-state index is 11.5. The number of carbonyl (C=O) groups excluding carboxylic acids is 1. The molecule has 1 amide bonds. The van der Waals surface area contributed by atoms with Gasteiger partial charge in [-0.15, -0.1) is 0 Å². The van der Waals surface area contributed by atoms with Crippen LogP contribution in [0.4, 0.5) is 0 Å². The topological polar surface area (TPSA) is 66.4 Å². The van der Waals surface area contributed by atoms with Crippen LogP contribution in [0.15, 0.2) is 24.3 Å². The van der Waals surface area contributed by atoms with Crippen LogP contribution >= 0.6 is 11.6 Å². The average molecular weight is 270 g/mol. The van der Waals surface area contributed by atoms with Gasteiger partial charge in [0.05, 0.1) is 6.04 Å². The first-order valence-electron chi connectivity index (χ1n) is 5.75. The van der Waals surface area contributed by atoms with Crippen LogP contribution in [-0.2, 0) is 9.59 Å². The first kappa shape index (κ1) is 14.5. The zero-order chi connectivity index (χ0) is 13.5. The Morgan fingerprint density at radius 2 is 1.89 bits per heavy atom. The number of hydrogen-bond donors (Lipinski definition) is 2. The van der Waals surface area contributed by atoms with Crippen LogP contribution in [0.1, 0.15) is 37.8 Å². The van der Waals surface area contributed by atoms with Gasteiger partial charge in [0, 0.05) is 17.9 Å². The second-order valence-electron chi connectivity index (χ2n) is 4.09. The fraction of sp³-hybridized carbons (Fsp3) is 0.385. The van der Waals surface area contributed by atoms with Crippen LogP contribution in [0.25, 0.3) is 0 Å². The number of carbonyl (C=O) groups is 2. The number of nitrogens with one attached hydrogen (secondary N) is 1. The zero-order valence-electron chi connectivity index (χ0n) is 10.1. The molecule has 1 atom stereocenters. The Morgan fingerprint density at radius 1 is 1.28 bits per heavy atom. The van der Waals surface area contributed by atoms with Gasteiger partial charge >= 0.3 is 5.97 Å². The minimum Gasteiger partial charge on any atom is -0.481 e. The van der Waals surface area contributed by atoms with Crippen molar-refractivity contribution in [2.45, 2.75) is 32.2 Å². The van der Waals surface area contributed by atoms with E-state index in [0.29, 0.717) is 11.4 Å². The molecule has 5 heteroatoms. The highest BCUT2D eigenvalue weighted by atomic mass is 35.5. The molecule has 0 bridgehead atoms. The van der Waals surface area contributed by atoms with Gasteiger partial charge in [-0.1, -0.05) is 23.7 Å². The van der Waals surface area contributed by atoms with Crippen molar-refractivity contribution < 1.29 is 14.7 Å². The molecule has 0 spiro atoms. The lowest BCUT2D eigenvalue weighted by Crippen LogP contribution is -2.26. The molecule has 1 aromatic rings. The molecule has 0 aliphatic heterocycles. The Morgan fingerprint density at radius 3 is 2.44 bits per heavy atom. The summed E-state index contributed by atoms with van der Waals surface area (Å²) in [7, 11) is 0. The summed E-state index contributed by atoms with van der Waals surface area (Å²) in [6, 6.07) is 7.13. The van der Waals surface area contributed by atoms with Gasteiger partial charge in [0.25, 0.3) is 0 Å². The Balaban J connectivity index is 2.39. The third kappa shape index (κ3) is 5.19. The molecule has 0 aliphatic carbocycles. The van der Waals surface area contributed by atoms with Crippen molar-refractivity contribution >= 4 is 23.5 Å². The predicted octanol–water partition coefficient (Wildman–Crippen LogP) is 2.77. The molecule has 18 heavy (non-hydrogen) atoms. The van der Waals surface area contributed by atoms with Crippen molar-refractivity contribution in [2.75, 3.05) is 0 Å². The van der Waals surface area contributed by atoms with Crippen LogP contribution < -0.4 is 5.32 Å². The number of benzene rings is 1. The molecule has 0 radical (unpaired) electrons. The summed E-state index contributed by atoms with van der Waals surface area (Å²) < 4.78 is 0. The summed E-state index contributed by atoms with van der Waals surface area (Å²) in [4.78, 5) is 21.9. The Kier molecular flexibility index (Phi) is 5.65. The highest BCUT2D eigenvalue weighted by Crippen LogP contribution is 2.16. The minimum absolute atomic E-state index is 0.0166. The van der Waals surface area contributed by atoms with Gasteiger partial charge in [-0.25, -0.2) is 0 Å². The van der Waals surface area contributed by atoms with Crippen molar-refractivity contribution in [1.82, 2.24) is 5.32 Å². The third-order valence-corrected chi connectivity index (χ3v) is 2.79. The predicted molar refractivity (Wildman–Crippen MR) is 69.5 cm³/mol. The van der Waals surface area contributed by atoms with Crippen molar-refractivity contribution in [1.29, 1.82) is 0 Å². The minimum atomic E-state index is -0.881. The zero-order valence-corrected chi connectivity index (χ0v) is 10.9. The van der Waals surface area contributed by atoms with E-state index in [2.05, 4.69) is 5.32 Å². The van der Waals surface area contributed by atoms with E-state index < -0.39 is 5.97 Å². The number of hydrogen-bond acceptors (Lipinski definition) is 2. The summed E-state index contributed by atoms with van der Waals surface area (Å²) in [6.45, 7) is 1.87. The normalized spacial score (nSPS) is 11.9. The van der Waals surface area contributed by atoms with Crippen molar-refractivity contribution in [3.63, 3.8) is 0 Å². The molecule has 1 aromatic carbocycles. The third-order valence-electron chi connectivity index (χ3n) is 2.54. The molecule has 98 valence electrons. The van der Waals surface area contributed by atoms with Crippen LogP contribution in [0.3, 0.4) is 0 Å². The van der Waals surface area contributed by atoms with Gasteiger partial charge in [0.15, 0.2) is 0 Å². The van der Waals surface area contributed by atoms with Gasteiger partial charge in [-0.05, 0) is 31.0 Å². The molecule has 0 saturated carbocycles. The highest BCUT2D eigenvalue weighted by molar-refractivity contribution is 6.30. The van der Waals surface area contributed by atoms with E-state index in [1.165, 1.54) is 0 Å². The molecule has 0 fully saturated rings. The summed E-state index contributed by atoms with van der Waals surface area (Å²) in [5.74, 6) is -1.02. The van der Waals surface area contributed by atoms with Crippen molar-refractivity contribution in [3.8, 4) is 0 Å². The van der Waals surface area contributed by atoms with E-state index in [-0.39, 0.29) is 24.8 Å². The molecule has 4 nitrogen and oxygen atoms in total. The van der Waals surface area contributed by atoms with Crippen LogP contribution in [0.5, 0.6) is 0 Å². The van der Waals surface area contributed by atoms with Gasteiger partial charge in [0.1, 0.15) is 0 Å². The molecule has 0 aromatic heterocycles. The van der Waals surface area contributed by atoms with E-state index in [1.807, 2.05) is 19.1 Å². The first-order valence-corrected chi connectivity index (χ1v) is 6.13. The van der Waals surface area contributed by atoms with Gasteiger partial charge < -0.3 is 10.4 Å². The smallest absolute Gasteiger partial charge is 0.303 e. The van der Waals surface area contributed by atoms with Crippen molar-refractivity contribution in [2.24, 2.45) is 0 Å². The molecular weight excluding hydrogens is 254 g/mol. The fourth-order valence-corrected chi connectivity index (χ4v) is 1.67. The largest absolute Gasteiger partial charge is 0.481 e. The Hall–Kier alpha value is -1.55. The maximum atomic E-state index is 11.5. The number of carboxylic acid groups (broad SMARTS) is 1. The van der Waals surface area contributed by atoms with Gasteiger partial charge in [0.2, 0.25) is 5.91 Å². The SMILES string of the molecule is C[C@@H](NC(=O)CCCC(=O)O)c1ccc(Cl)cc1. The second kappa shape index (κ2) is 7.01. The standard InChI is InChI=1S/C13H16ClNO3/c1-9(10-5-7-11(14)8-6-10)15-12(16)3-2-4-13(17)18/h5-9H,2-4H2,1H3,(H,15,16)(H,17,18)/t9-/m1/s1. The van der Waals surface area contributed by atoms with E-state index in [4.69, 9.17) is 16.7 Å². The first-order chi connectivity index (χ1) is 8.49. The van der Waals surface area contributed by atoms with E-state index in [9.17, 15) is 9.59 Å². The lowest BCUT2D eigenvalue weighted by atomic mass is 10.1. The van der Waals surface area contributed by atoms with E-state index in [1.54, 1.807) is 12.1 Å². The summed E-state index contributed by atoms with van der Waals surface area (Å²) in [5, 5.41) is 11.9. The van der Waals surface area contributed by atoms with E-state index in [0.717, 1.165) is 5.56 Å². The number of amides is 1. The molecule has 0 aliphatic rings. The number of aliphatic carboxylic acids is 1. The lowest BCUT2D eigenvalue weighted by Gasteiger charge is -2.14. The number of carboxylic acids is 1. The molecule has 0 unspecified atom stereocenters. The average Bonchev–Trinajstić information content (AvgIpc) is 2.29. The summed E-state index contributed by atoms with van der Waals surface area (Å²) >= 11 is 5.78. The van der Waals surface area contributed by atoms with Crippen LogP contribution in [0.2, 0.25) is 5.02 Å². The van der Waals surface area contributed by atoms with E-state index >= 15 is 0 Å². The number of rotatable bonds is 6.